The van der Waals surface area contributed by atoms with Crippen molar-refractivity contribution < 1.29 is 9.52 Å². The minimum absolute atomic E-state index is 0.276. The summed E-state index contributed by atoms with van der Waals surface area (Å²) >= 11 is 6.13. The summed E-state index contributed by atoms with van der Waals surface area (Å²) in [6.45, 7) is 2.40. The Labute approximate surface area is 121 Å². The SMILES string of the molecule is Cc1ccc(NCc2c(Cl)oc3ccccc23)cc1O. The Balaban J connectivity index is 1.86. The van der Waals surface area contributed by atoms with Crippen LogP contribution in [0.5, 0.6) is 5.75 Å². The minimum Gasteiger partial charge on any atom is -0.508 e. The van der Waals surface area contributed by atoms with Crippen molar-refractivity contribution in [2.75, 3.05) is 5.32 Å². The van der Waals surface area contributed by atoms with E-state index in [1.165, 1.54) is 0 Å². The number of aryl methyl sites for hydroxylation is 1. The van der Waals surface area contributed by atoms with Crippen LogP contribution in [0.2, 0.25) is 5.22 Å². The fourth-order valence-electron chi connectivity index (χ4n) is 2.14. The van der Waals surface area contributed by atoms with Gasteiger partial charge in [0.15, 0.2) is 5.22 Å². The number of halogens is 1. The third-order valence-electron chi connectivity index (χ3n) is 3.33. The van der Waals surface area contributed by atoms with Crippen molar-refractivity contribution in [3.05, 3.63) is 58.8 Å². The fraction of sp³-hybridized carbons (Fsp3) is 0.125. The van der Waals surface area contributed by atoms with Crippen molar-refractivity contribution in [1.29, 1.82) is 0 Å². The fourth-order valence-corrected chi connectivity index (χ4v) is 2.40. The van der Waals surface area contributed by atoms with E-state index >= 15 is 0 Å². The largest absolute Gasteiger partial charge is 0.508 e. The maximum absolute atomic E-state index is 9.70. The number of nitrogens with one attached hydrogen (secondary N) is 1. The van der Waals surface area contributed by atoms with E-state index in [2.05, 4.69) is 5.32 Å². The van der Waals surface area contributed by atoms with E-state index in [0.29, 0.717) is 11.8 Å². The van der Waals surface area contributed by atoms with Crippen LogP contribution in [-0.2, 0) is 6.54 Å². The summed E-state index contributed by atoms with van der Waals surface area (Å²) < 4.78 is 5.51. The lowest BCUT2D eigenvalue weighted by molar-refractivity contribution is 0.471. The second-order valence-electron chi connectivity index (χ2n) is 4.71. The zero-order chi connectivity index (χ0) is 14.1. The highest BCUT2D eigenvalue weighted by atomic mass is 35.5. The third-order valence-corrected chi connectivity index (χ3v) is 3.63. The molecule has 0 aliphatic carbocycles. The lowest BCUT2D eigenvalue weighted by atomic mass is 10.1. The first-order chi connectivity index (χ1) is 9.65. The van der Waals surface area contributed by atoms with Crippen LogP contribution in [0.1, 0.15) is 11.1 Å². The lowest BCUT2D eigenvalue weighted by Crippen LogP contribution is -1.99. The second kappa shape index (κ2) is 5.10. The van der Waals surface area contributed by atoms with Crippen molar-refractivity contribution in [3.63, 3.8) is 0 Å². The highest BCUT2D eigenvalue weighted by Crippen LogP contribution is 2.30. The van der Waals surface area contributed by atoms with Crippen LogP contribution in [-0.4, -0.2) is 5.11 Å². The number of fused-ring (bicyclic) bond motifs is 1. The Kier molecular flexibility index (Phi) is 3.28. The van der Waals surface area contributed by atoms with Gasteiger partial charge in [-0.25, -0.2) is 0 Å². The number of phenolic OH excluding ortho intramolecular Hbond substituents is 1. The second-order valence-corrected chi connectivity index (χ2v) is 5.05. The first-order valence-corrected chi connectivity index (χ1v) is 6.72. The third kappa shape index (κ3) is 2.32. The van der Waals surface area contributed by atoms with Crippen molar-refractivity contribution in [2.24, 2.45) is 0 Å². The van der Waals surface area contributed by atoms with Crippen molar-refractivity contribution in [3.8, 4) is 5.75 Å². The van der Waals surface area contributed by atoms with Gasteiger partial charge in [-0.1, -0.05) is 24.3 Å². The van der Waals surface area contributed by atoms with E-state index in [1.54, 1.807) is 6.07 Å². The summed E-state index contributed by atoms with van der Waals surface area (Å²) in [6, 6.07) is 13.2. The van der Waals surface area contributed by atoms with E-state index in [0.717, 1.165) is 27.8 Å². The van der Waals surface area contributed by atoms with Crippen LogP contribution in [0.15, 0.2) is 46.9 Å². The molecule has 1 heterocycles. The van der Waals surface area contributed by atoms with Gasteiger partial charge in [0.2, 0.25) is 0 Å². The maximum atomic E-state index is 9.70. The Morgan fingerprint density at radius 2 is 2.00 bits per heavy atom. The minimum atomic E-state index is 0.276. The van der Waals surface area contributed by atoms with Gasteiger partial charge in [-0.15, -0.1) is 0 Å². The number of furan rings is 1. The Bertz CT molecular complexity index is 764. The van der Waals surface area contributed by atoms with E-state index in [1.807, 2.05) is 43.3 Å². The molecule has 1 aromatic heterocycles. The zero-order valence-corrected chi connectivity index (χ0v) is 11.7. The number of rotatable bonds is 3. The average molecular weight is 288 g/mol. The van der Waals surface area contributed by atoms with Crippen LogP contribution >= 0.6 is 11.6 Å². The summed E-state index contributed by atoms with van der Waals surface area (Å²) in [5.74, 6) is 0.276. The Morgan fingerprint density at radius 1 is 1.20 bits per heavy atom. The molecule has 0 radical (unpaired) electrons. The van der Waals surface area contributed by atoms with Gasteiger partial charge in [-0.2, -0.15) is 0 Å². The van der Waals surface area contributed by atoms with Crippen LogP contribution in [0.4, 0.5) is 5.69 Å². The highest BCUT2D eigenvalue weighted by molar-refractivity contribution is 6.30. The Morgan fingerprint density at radius 3 is 2.80 bits per heavy atom. The number of anilines is 1. The lowest BCUT2D eigenvalue weighted by Gasteiger charge is -2.07. The van der Waals surface area contributed by atoms with Gasteiger partial charge in [0.1, 0.15) is 11.3 Å². The van der Waals surface area contributed by atoms with Crippen LogP contribution in [0.3, 0.4) is 0 Å². The molecule has 20 heavy (non-hydrogen) atoms. The molecule has 0 aliphatic heterocycles. The van der Waals surface area contributed by atoms with Crippen molar-refractivity contribution >= 4 is 28.3 Å². The van der Waals surface area contributed by atoms with Crippen LogP contribution in [0.25, 0.3) is 11.0 Å². The molecule has 0 spiro atoms. The van der Waals surface area contributed by atoms with Gasteiger partial charge in [-0.3, -0.25) is 0 Å². The molecular weight excluding hydrogens is 274 g/mol. The molecule has 0 saturated carbocycles. The molecule has 102 valence electrons. The van der Waals surface area contributed by atoms with E-state index < -0.39 is 0 Å². The predicted octanol–water partition coefficient (Wildman–Crippen LogP) is 4.71. The van der Waals surface area contributed by atoms with Crippen molar-refractivity contribution in [2.45, 2.75) is 13.5 Å². The molecule has 0 fully saturated rings. The maximum Gasteiger partial charge on any atom is 0.199 e. The quantitative estimate of drug-likeness (QED) is 0.733. The smallest absolute Gasteiger partial charge is 0.199 e. The molecule has 2 aromatic carbocycles. The van der Waals surface area contributed by atoms with Gasteiger partial charge >= 0.3 is 0 Å². The predicted molar refractivity (Wildman–Crippen MR) is 81.4 cm³/mol. The topological polar surface area (TPSA) is 45.4 Å². The summed E-state index contributed by atoms with van der Waals surface area (Å²) in [6.07, 6.45) is 0. The van der Waals surface area contributed by atoms with Gasteiger partial charge in [0.05, 0.1) is 0 Å². The molecular formula is C16H14ClNO2. The summed E-state index contributed by atoms with van der Waals surface area (Å²) in [5, 5.41) is 14.3. The molecule has 0 atom stereocenters. The summed E-state index contributed by atoms with van der Waals surface area (Å²) in [4.78, 5) is 0. The molecule has 3 aromatic rings. The standard InChI is InChI=1S/C16H14ClNO2/c1-10-6-7-11(8-14(10)19)18-9-13-12-4-2-3-5-15(12)20-16(13)17/h2-8,18-19H,9H2,1H3. The number of benzene rings is 2. The van der Waals surface area contributed by atoms with E-state index in [9.17, 15) is 5.11 Å². The van der Waals surface area contributed by atoms with E-state index in [-0.39, 0.29) is 5.75 Å². The summed E-state index contributed by atoms with van der Waals surface area (Å²) in [7, 11) is 0. The monoisotopic (exact) mass is 287 g/mol. The molecule has 2 N–H and O–H groups in total. The number of hydrogen-bond acceptors (Lipinski definition) is 3. The van der Waals surface area contributed by atoms with Crippen molar-refractivity contribution in [1.82, 2.24) is 0 Å². The summed E-state index contributed by atoms with van der Waals surface area (Å²) in [5.41, 5.74) is 3.39. The van der Waals surface area contributed by atoms with E-state index in [4.69, 9.17) is 16.0 Å². The van der Waals surface area contributed by atoms with Crippen LogP contribution in [0, 0.1) is 6.92 Å². The van der Waals surface area contributed by atoms with Gasteiger partial charge in [-0.05, 0) is 36.2 Å². The average Bonchev–Trinajstić information content (AvgIpc) is 2.76. The molecule has 4 heteroatoms. The molecule has 0 saturated heterocycles. The Hall–Kier alpha value is -2.13. The highest BCUT2D eigenvalue weighted by Gasteiger charge is 2.11. The van der Waals surface area contributed by atoms with Gasteiger partial charge in [0.25, 0.3) is 0 Å². The zero-order valence-electron chi connectivity index (χ0n) is 11.0. The van der Waals surface area contributed by atoms with Gasteiger partial charge < -0.3 is 14.8 Å². The molecule has 0 unspecified atom stereocenters. The number of phenols is 1. The normalized spacial score (nSPS) is 10.9. The first kappa shape index (κ1) is 12.9. The van der Waals surface area contributed by atoms with Crippen LogP contribution < -0.4 is 5.32 Å². The first-order valence-electron chi connectivity index (χ1n) is 6.34. The molecule has 0 amide bonds. The molecule has 3 nitrogen and oxygen atoms in total. The molecule has 0 bridgehead atoms. The van der Waals surface area contributed by atoms with Gasteiger partial charge in [0, 0.05) is 29.2 Å². The number of hydrogen-bond donors (Lipinski definition) is 2. The molecule has 3 rings (SSSR count). The molecule has 0 aliphatic rings. The number of para-hydroxylation sites is 1. The number of aromatic hydroxyl groups is 1.